The molecule has 8 nitrogen and oxygen atoms in total. The average molecular weight is 404 g/mol. The Hall–Kier alpha value is -0.173. The van der Waals surface area contributed by atoms with Crippen molar-refractivity contribution in [2.24, 2.45) is 0 Å². The molecule has 0 unspecified atom stereocenters. The summed E-state index contributed by atoms with van der Waals surface area (Å²) >= 11 is 1.62. The third-order valence-corrected chi connectivity index (χ3v) is 8.19. The first-order chi connectivity index (χ1) is 11.0. The molecule has 2 N–H and O–H groups in total. The summed E-state index contributed by atoms with van der Waals surface area (Å²) in [7, 11) is -1.94. The van der Waals surface area contributed by atoms with Gasteiger partial charge in [-0.25, -0.2) is 0 Å². The number of thioether (sulfide) groups is 1. The number of rotatable bonds is 13. The summed E-state index contributed by atoms with van der Waals surface area (Å²) in [5.41, 5.74) is -1.00. The topological polar surface area (TPSA) is 111 Å². The van der Waals surface area contributed by atoms with Crippen molar-refractivity contribution in [3.8, 4) is 0 Å². The Morgan fingerprint density at radius 2 is 1.71 bits per heavy atom. The zero-order valence-electron chi connectivity index (χ0n) is 15.0. The fourth-order valence-electron chi connectivity index (χ4n) is 2.15. The van der Waals surface area contributed by atoms with Gasteiger partial charge >= 0.3 is 8.80 Å². The fourth-order valence-corrected chi connectivity index (χ4v) is 5.99. The van der Waals surface area contributed by atoms with Crippen LogP contribution in [0.3, 0.4) is 0 Å². The van der Waals surface area contributed by atoms with E-state index < -0.39 is 30.2 Å². The van der Waals surface area contributed by atoms with Gasteiger partial charge in [0.25, 0.3) is 10.1 Å². The van der Waals surface area contributed by atoms with E-state index in [9.17, 15) is 13.2 Å². The van der Waals surface area contributed by atoms with E-state index in [1.54, 1.807) is 46.9 Å². The molecule has 0 rings (SSSR count). The molecule has 0 fully saturated rings. The molecule has 0 aliphatic rings. The van der Waals surface area contributed by atoms with Crippen molar-refractivity contribution >= 4 is 36.6 Å². The lowest BCUT2D eigenvalue weighted by molar-refractivity contribution is -0.122. The second-order valence-electron chi connectivity index (χ2n) is 5.92. The first kappa shape index (κ1) is 23.8. The zero-order valence-corrected chi connectivity index (χ0v) is 17.6. The summed E-state index contributed by atoms with van der Waals surface area (Å²) in [6.07, 6.45) is 1.13. The predicted octanol–water partition coefficient (Wildman–Crippen LogP) is 1.16. The standard InChI is InChI=1S/C13H29NO7S2Si/c1-13(2,11-23(16,17)18)14-12(15)7-9-22-8-6-10-24(19-3,20-4)21-5/h6-11H2,1-5H3,(H,14,15)(H,16,17,18). The molecule has 0 heterocycles. The van der Waals surface area contributed by atoms with E-state index in [2.05, 4.69) is 5.32 Å². The SMILES string of the molecule is CO[Si](CCCSCCC(=O)NC(C)(C)CS(=O)(=O)O)(OC)OC. The predicted molar refractivity (Wildman–Crippen MR) is 96.8 cm³/mol. The smallest absolute Gasteiger partial charge is 0.377 e. The van der Waals surface area contributed by atoms with Gasteiger partial charge in [-0.1, -0.05) is 0 Å². The molecular formula is C13H29NO7S2Si. The average Bonchev–Trinajstić information content (AvgIpc) is 2.44. The molecule has 0 aromatic heterocycles. The van der Waals surface area contributed by atoms with Crippen LogP contribution in [0.2, 0.25) is 6.04 Å². The summed E-state index contributed by atoms with van der Waals surface area (Å²) in [4.78, 5) is 11.8. The van der Waals surface area contributed by atoms with E-state index >= 15 is 0 Å². The second-order valence-corrected chi connectivity index (χ2v) is 11.7. The van der Waals surface area contributed by atoms with Crippen LogP contribution in [0.4, 0.5) is 0 Å². The highest BCUT2D eigenvalue weighted by atomic mass is 32.2. The van der Waals surface area contributed by atoms with Gasteiger partial charge in [0.15, 0.2) is 0 Å². The van der Waals surface area contributed by atoms with Crippen molar-refractivity contribution in [3.63, 3.8) is 0 Å². The fraction of sp³-hybridized carbons (Fsp3) is 0.923. The van der Waals surface area contributed by atoms with Crippen molar-refractivity contribution in [1.29, 1.82) is 0 Å². The van der Waals surface area contributed by atoms with Gasteiger partial charge < -0.3 is 18.6 Å². The van der Waals surface area contributed by atoms with Crippen LogP contribution in [0.15, 0.2) is 0 Å². The lowest BCUT2D eigenvalue weighted by Crippen LogP contribution is -2.48. The van der Waals surface area contributed by atoms with Crippen LogP contribution in [0, 0.1) is 0 Å². The van der Waals surface area contributed by atoms with E-state index in [0.29, 0.717) is 11.8 Å². The van der Waals surface area contributed by atoms with Crippen molar-refractivity contribution in [2.75, 3.05) is 38.6 Å². The van der Waals surface area contributed by atoms with E-state index in [4.69, 9.17) is 17.8 Å². The second kappa shape index (κ2) is 10.7. The molecule has 0 radical (unpaired) electrons. The summed E-state index contributed by atoms with van der Waals surface area (Å²) in [6, 6.07) is 0.705. The Balaban J connectivity index is 3.99. The molecule has 0 saturated heterocycles. The molecule has 0 aromatic carbocycles. The first-order valence-electron chi connectivity index (χ1n) is 7.48. The van der Waals surface area contributed by atoms with Gasteiger partial charge in [0.1, 0.15) is 0 Å². The van der Waals surface area contributed by atoms with Gasteiger partial charge in [-0.15, -0.1) is 0 Å². The number of hydrogen-bond acceptors (Lipinski definition) is 7. The van der Waals surface area contributed by atoms with Crippen LogP contribution < -0.4 is 5.32 Å². The van der Waals surface area contributed by atoms with Crippen molar-refractivity contribution in [2.45, 2.75) is 38.3 Å². The molecule has 0 aliphatic heterocycles. The van der Waals surface area contributed by atoms with E-state index in [-0.39, 0.29) is 12.3 Å². The van der Waals surface area contributed by atoms with Crippen LogP contribution in [0.25, 0.3) is 0 Å². The van der Waals surface area contributed by atoms with Crippen LogP contribution in [-0.2, 0) is 28.2 Å². The molecule has 0 atom stereocenters. The quantitative estimate of drug-likeness (QED) is 0.268. The molecule has 0 spiro atoms. The Morgan fingerprint density at radius 3 is 2.17 bits per heavy atom. The number of hydrogen-bond donors (Lipinski definition) is 2. The van der Waals surface area contributed by atoms with Crippen LogP contribution >= 0.6 is 11.8 Å². The van der Waals surface area contributed by atoms with Gasteiger partial charge in [0.2, 0.25) is 5.91 Å². The van der Waals surface area contributed by atoms with Crippen molar-refractivity contribution < 1.29 is 31.0 Å². The van der Waals surface area contributed by atoms with E-state index in [1.807, 2.05) is 0 Å². The normalized spacial score (nSPS) is 13.1. The summed E-state index contributed by atoms with van der Waals surface area (Å²) in [5, 5.41) is 2.61. The number of carbonyl (C=O) groups is 1. The third-order valence-electron chi connectivity index (χ3n) is 3.20. The van der Waals surface area contributed by atoms with E-state index in [1.165, 1.54) is 0 Å². The molecule has 11 heteroatoms. The highest BCUT2D eigenvalue weighted by molar-refractivity contribution is 7.99. The molecule has 24 heavy (non-hydrogen) atoms. The maximum atomic E-state index is 11.8. The van der Waals surface area contributed by atoms with Crippen LogP contribution in [0.5, 0.6) is 0 Å². The van der Waals surface area contributed by atoms with Crippen LogP contribution in [0.1, 0.15) is 26.7 Å². The van der Waals surface area contributed by atoms with Gasteiger partial charge in [-0.3, -0.25) is 9.35 Å². The van der Waals surface area contributed by atoms with Gasteiger partial charge in [0.05, 0.1) is 11.3 Å². The highest BCUT2D eigenvalue weighted by Crippen LogP contribution is 2.17. The molecule has 144 valence electrons. The lowest BCUT2D eigenvalue weighted by atomic mass is 10.1. The Kier molecular flexibility index (Phi) is 10.7. The number of carbonyl (C=O) groups excluding carboxylic acids is 1. The lowest BCUT2D eigenvalue weighted by Gasteiger charge is -2.24. The molecule has 0 bridgehead atoms. The molecule has 0 aliphatic carbocycles. The van der Waals surface area contributed by atoms with E-state index in [0.717, 1.165) is 12.2 Å². The minimum atomic E-state index is -4.13. The zero-order chi connectivity index (χ0) is 18.9. The molecule has 0 saturated carbocycles. The van der Waals surface area contributed by atoms with Gasteiger partial charge in [-0.05, 0) is 26.0 Å². The molecular weight excluding hydrogens is 374 g/mol. The minimum absolute atomic E-state index is 0.245. The largest absolute Gasteiger partial charge is 0.500 e. The van der Waals surface area contributed by atoms with Gasteiger partial charge in [-0.2, -0.15) is 20.2 Å². The summed E-state index contributed by atoms with van der Waals surface area (Å²) in [6.45, 7) is 3.10. The highest BCUT2D eigenvalue weighted by Gasteiger charge is 2.36. The summed E-state index contributed by atoms with van der Waals surface area (Å²) in [5.74, 6) is 0.698. The number of nitrogens with one attached hydrogen (secondary N) is 1. The number of amides is 1. The Labute approximate surface area is 150 Å². The monoisotopic (exact) mass is 403 g/mol. The Morgan fingerprint density at radius 1 is 1.17 bits per heavy atom. The van der Waals surface area contributed by atoms with Crippen molar-refractivity contribution in [1.82, 2.24) is 5.32 Å². The van der Waals surface area contributed by atoms with Crippen LogP contribution in [-0.4, -0.2) is 71.8 Å². The Bertz CT molecular complexity index is 472. The molecule has 1 amide bonds. The minimum Gasteiger partial charge on any atom is -0.377 e. The first-order valence-corrected chi connectivity index (χ1v) is 12.2. The third kappa shape index (κ3) is 10.6. The summed E-state index contributed by atoms with van der Waals surface area (Å²) < 4.78 is 46.6. The van der Waals surface area contributed by atoms with Crippen molar-refractivity contribution in [3.05, 3.63) is 0 Å². The molecule has 0 aromatic rings. The maximum absolute atomic E-state index is 11.8. The maximum Gasteiger partial charge on any atom is 0.500 e. The van der Waals surface area contributed by atoms with Gasteiger partial charge in [0, 0.05) is 39.5 Å².